The monoisotopic (exact) mass is 320 g/mol. The Morgan fingerprint density at radius 2 is 1.79 bits per heavy atom. The molecule has 0 aliphatic carbocycles. The van der Waals surface area contributed by atoms with E-state index in [2.05, 4.69) is 15.9 Å². The van der Waals surface area contributed by atoms with E-state index < -0.39 is 5.97 Å². The van der Waals surface area contributed by atoms with Gasteiger partial charge in [0.15, 0.2) is 0 Å². The molecular weight excluding hydrogens is 308 g/mol. The van der Waals surface area contributed by atoms with Crippen molar-refractivity contribution in [3.8, 4) is 11.5 Å². The van der Waals surface area contributed by atoms with E-state index in [1.54, 1.807) is 18.2 Å². The number of carbonyl (C=O) groups is 1. The number of para-hydroxylation sites is 1. The van der Waals surface area contributed by atoms with E-state index in [0.29, 0.717) is 17.1 Å². The summed E-state index contributed by atoms with van der Waals surface area (Å²) in [5.41, 5.74) is 1.57. The van der Waals surface area contributed by atoms with Gasteiger partial charge in [-0.3, -0.25) is 0 Å². The van der Waals surface area contributed by atoms with Gasteiger partial charge in [0.2, 0.25) is 0 Å². The number of methoxy groups -OCH3 is 1. The topological polar surface area (TPSA) is 35.5 Å². The zero-order valence-electron chi connectivity index (χ0n) is 10.4. The van der Waals surface area contributed by atoms with Gasteiger partial charge in [-0.25, -0.2) is 4.79 Å². The number of alkyl halides is 1. The maximum absolute atomic E-state index is 11.6. The number of rotatable bonds is 4. The van der Waals surface area contributed by atoms with Crippen molar-refractivity contribution < 1.29 is 14.3 Å². The van der Waals surface area contributed by atoms with Gasteiger partial charge in [0.25, 0.3) is 0 Å². The Labute approximate surface area is 120 Å². The average molecular weight is 321 g/mol. The van der Waals surface area contributed by atoms with Crippen LogP contribution in [0.1, 0.15) is 15.9 Å². The normalized spacial score (nSPS) is 10.0. The fraction of sp³-hybridized carbons (Fsp3) is 0.133. The summed E-state index contributed by atoms with van der Waals surface area (Å²) in [7, 11) is 1.35. The fourth-order valence-electron chi connectivity index (χ4n) is 1.61. The van der Waals surface area contributed by atoms with Crippen LogP contribution in [0, 0.1) is 0 Å². The average Bonchev–Trinajstić information content (AvgIpc) is 2.48. The van der Waals surface area contributed by atoms with Crippen LogP contribution in [0.15, 0.2) is 48.5 Å². The summed E-state index contributed by atoms with van der Waals surface area (Å²) in [6.45, 7) is 0. The third-order valence-corrected chi connectivity index (χ3v) is 3.25. The molecule has 0 unspecified atom stereocenters. The molecule has 0 heterocycles. The molecule has 0 saturated heterocycles. The van der Waals surface area contributed by atoms with Crippen molar-refractivity contribution >= 4 is 21.9 Å². The summed E-state index contributed by atoms with van der Waals surface area (Å²) < 4.78 is 10.4. The van der Waals surface area contributed by atoms with Crippen molar-refractivity contribution in [2.75, 3.05) is 7.11 Å². The molecule has 2 rings (SSSR count). The molecule has 2 aromatic carbocycles. The molecule has 0 radical (unpaired) electrons. The second-order valence-corrected chi connectivity index (χ2v) is 4.43. The zero-order valence-corrected chi connectivity index (χ0v) is 12.0. The van der Waals surface area contributed by atoms with Crippen LogP contribution in [0.5, 0.6) is 11.5 Å². The highest BCUT2D eigenvalue weighted by molar-refractivity contribution is 9.08. The maximum Gasteiger partial charge on any atom is 0.341 e. The van der Waals surface area contributed by atoms with E-state index in [4.69, 9.17) is 9.47 Å². The summed E-state index contributed by atoms with van der Waals surface area (Å²) in [6, 6.07) is 14.7. The van der Waals surface area contributed by atoms with Crippen LogP contribution in [0.3, 0.4) is 0 Å². The largest absolute Gasteiger partial charge is 0.465 e. The molecule has 19 heavy (non-hydrogen) atoms. The predicted molar refractivity (Wildman–Crippen MR) is 76.9 cm³/mol. The van der Waals surface area contributed by atoms with Gasteiger partial charge in [-0.05, 0) is 29.8 Å². The third kappa shape index (κ3) is 3.35. The number of esters is 1. The van der Waals surface area contributed by atoms with Crippen molar-refractivity contribution in [3.63, 3.8) is 0 Å². The second-order valence-electron chi connectivity index (χ2n) is 3.87. The van der Waals surface area contributed by atoms with Gasteiger partial charge in [0.05, 0.1) is 7.11 Å². The quantitative estimate of drug-likeness (QED) is 0.626. The Morgan fingerprint density at radius 1 is 1.11 bits per heavy atom. The zero-order chi connectivity index (χ0) is 13.7. The van der Waals surface area contributed by atoms with Crippen molar-refractivity contribution in [2.24, 2.45) is 0 Å². The number of hydrogen-bond acceptors (Lipinski definition) is 3. The predicted octanol–water partition coefficient (Wildman–Crippen LogP) is 4.16. The number of carbonyl (C=O) groups excluding carboxylic acids is 1. The Hall–Kier alpha value is -1.81. The van der Waals surface area contributed by atoms with Gasteiger partial charge in [-0.1, -0.05) is 40.2 Å². The minimum absolute atomic E-state index is 0.410. The third-order valence-electron chi connectivity index (χ3n) is 2.60. The summed E-state index contributed by atoms with van der Waals surface area (Å²) in [5.74, 6) is 0.759. The molecule has 0 atom stereocenters. The molecule has 0 aliphatic heterocycles. The van der Waals surface area contributed by atoms with Crippen LogP contribution in [0.2, 0.25) is 0 Å². The van der Waals surface area contributed by atoms with E-state index in [1.165, 1.54) is 7.11 Å². The number of benzene rings is 2. The molecule has 0 aliphatic rings. The Kier molecular flexibility index (Phi) is 4.58. The fourth-order valence-corrected chi connectivity index (χ4v) is 1.98. The second kappa shape index (κ2) is 6.38. The molecule has 98 valence electrons. The molecule has 0 bridgehead atoms. The summed E-state index contributed by atoms with van der Waals surface area (Å²) in [6.07, 6.45) is 0. The lowest BCUT2D eigenvalue weighted by Crippen LogP contribution is -2.03. The van der Waals surface area contributed by atoms with Gasteiger partial charge in [-0.15, -0.1) is 0 Å². The van der Waals surface area contributed by atoms with Crippen LogP contribution in [-0.4, -0.2) is 13.1 Å². The Balaban J connectivity index is 2.25. The molecular formula is C15H13BrO3. The highest BCUT2D eigenvalue weighted by Gasteiger charge is 2.12. The standard InChI is InChI=1S/C15H13BrO3/c1-18-15(17)13-4-2-3-5-14(13)19-12-8-6-11(10-16)7-9-12/h2-9H,10H2,1H3. The van der Waals surface area contributed by atoms with Gasteiger partial charge in [0.1, 0.15) is 17.1 Å². The van der Waals surface area contributed by atoms with Gasteiger partial charge in [0, 0.05) is 5.33 Å². The molecule has 0 N–H and O–H groups in total. The van der Waals surface area contributed by atoms with Gasteiger partial charge < -0.3 is 9.47 Å². The first-order valence-electron chi connectivity index (χ1n) is 5.74. The Bertz CT molecular complexity index is 564. The van der Waals surface area contributed by atoms with E-state index in [9.17, 15) is 4.79 Å². The maximum atomic E-state index is 11.6. The molecule has 2 aromatic rings. The lowest BCUT2D eigenvalue weighted by molar-refractivity contribution is 0.0598. The first-order chi connectivity index (χ1) is 9.24. The summed E-state index contributed by atoms with van der Waals surface area (Å²) in [4.78, 5) is 11.6. The van der Waals surface area contributed by atoms with Crippen LogP contribution in [-0.2, 0) is 10.1 Å². The number of ether oxygens (including phenoxy) is 2. The minimum atomic E-state index is -0.410. The summed E-state index contributed by atoms with van der Waals surface area (Å²) in [5, 5.41) is 0.798. The van der Waals surface area contributed by atoms with Crippen molar-refractivity contribution in [1.82, 2.24) is 0 Å². The highest BCUT2D eigenvalue weighted by Crippen LogP contribution is 2.26. The van der Waals surface area contributed by atoms with E-state index >= 15 is 0 Å². The minimum Gasteiger partial charge on any atom is -0.465 e. The van der Waals surface area contributed by atoms with Crippen LogP contribution in [0.4, 0.5) is 0 Å². The highest BCUT2D eigenvalue weighted by atomic mass is 79.9. The van der Waals surface area contributed by atoms with Crippen LogP contribution >= 0.6 is 15.9 Å². The summed E-state index contributed by atoms with van der Waals surface area (Å²) >= 11 is 3.39. The molecule has 0 saturated carbocycles. The lowest BCUT2D eigenvalue weighted by Gasteiger charge is -2.09. The lowest BCUT2D eigenvalue weighted by atomic mass is 10.2. The van der Waals surface area contributed by atoms with Crippen LogP contribution in [0.25, 0.3) is 0 Å². The van der Waals surface area contributed by atoms with E-state index in [-0.39, 0.29) is 0 Å². The molecule has 0 fully saturated rings. The first-order valence-corrected chi connectivity index (χ1v) is 6.87. The van der Waals surface area contributed by atoms with Crippen molar-refractivity contribution in [3.05, 3.63) is 59.7 Å². The first kappa shape index (κ1) is 13.6. The molecule has 0 aromatic heterocycles. The van der Waals surface area contributed by atoms with Crippen molar-refractivity contribution in [2.45, 2.75) is 5.33 Å². The van der Waals surface area contributed by atoms with E-state index in [0.717, 1.165) is 10.9 Å². The number of hydrogen-bond donors (Lipinski definition) is 0. The van der Waals surface area contributed by atoms with Gasteiger partial charge >= 0.3 is 5.97 Å². The molecule has 4 heteroatoms. The number of halogens is 1. The molecule has 0 amide bonds. The smallest absolute Gasteiger partial charge is 0.341 e. The Morgan fingerprint density at radius 3 is 2.42 bits per heavy atom. The SMILES string of the molecule is COC(=O)c1ccccc1Oc1ccc(CBr)cc1. The van der Waals surface area contributed by atoms with Crippen molar-refractivity contribution in [1.29, 1.82) is 0 Å². The van der Waals surface area contributed by atoms with Gasteiger partial charge in [-0.2, -0.15) is 0 Å². The van der Waals surface area contributed by atoms with Crippen LogP contribution < -0.4 is 4.74 Å². The molecule has 3 nitrogen and oxygen atoms in total. The van der Waals surface area contributed by atoms with E-state index in [1.807, 2.05) is 30.3 Å². The molecule has 0 spiro atoms.